The maximum absolute atomic E-state index is 12.9. The van der Waals surface area contributed by atoms with Crippen LogP contribution < -0.4 is 15.8 Å². The summed E-state index contributed by atoms with van der Waals surface area (Å²) >= 11 is 0. The SMILES string of the molecule is CC[NH+]1CCC[C@H]1CNC(=O)c1nn(CC(C)C)c(=O)c2ccccc12. The maximum atomic E-state index is 12.9. The normalized spacial score (nSPS) is 20.0. The average molecular weight is 357 g/mol. The molecule has 2 atom stereocenters. The fourth-order valence-electron chi connectivity index (χ4n) is 3.87. The van der Waals surface area contributed by atoms with E-state index in [0.29, 0.717) is 35.6 Å². The summed E-state index contributed by atoms with van der Waals surface area (Å²) in [5.74, 6) is 0.0820. The lowest BCUT2D eigenvalue weighted by Gasteiger charge is -2.20. The molecule has 1 aliphatic heterocycles. The third kappa shape index (κ3) is 3.80. The van der Waals surface area contributed by atoms with Crippen LogP contribution >= 0.6 is 0 Å². The van der Waals surface area contributed by atoms with E-state index in [1.165, 1.54) is 17.6 Å². The zero-order chi connectivity index (χ0) is 18.7. The van der Waals surface area contributed by atoms with E-state index in [9.17, 15) is 9.59 Å². The third-order valence-electron chi connectivity index (χ3n) is 5.21. The molecule has 1 aliphatic rings. The number of nitrogens with zero attached hydrogens (tertiary/aromatic N) is 2. The molecular weight excluding hydrogens is 328 g/mol. The van der Waals surface area contributed by atoms with E-state index in [0.717, 1.165) is 13.0 Å². The lowest BCUT2D eigenvalue weighted by molar-refractivity contribution is -0.909. The first-order valence-corrected chi connectivity index (χ1v) is 9.63. The van der Waals surface area contributed by atoms with E-state index in [4.69, 9.17) is 0 Å². The molecule has 6 heteroatoms. The highest BCUT2D eigenvalue weighted by Crippen LogP contribution is 2.14. The number of benzene rings is 1. The summed E-state index contributed by atoms with van der Waals surface area (Å²) < 4.78 is 1.43. The quantitative estimate of drug-likeness (QED) is 0.805. The lowest BCUT2D eigenvalue weighted by Crippen LogP contribution is -3.14. The van der Waals surface area contributed by atoms with Gasteiger partial charge in [-0.05, 0) is 18.9 Å². The van der Waals surface area contributed by atoms with Crippen molar-refractivity contribution in [1.29, 1.82) is 0 Å². The van der Waals surface area contributed by atoms with Crippen molar-refractivity contribution in [2.75, 3.05) is 19.6 Å². The summed E-state index contributed by atoms with van der Waals surface area (Å²) in [4.78, 5) is 27.1. The molecule has 0 aliphatic carbocycles. The predicted molar refractivity (Wildman–Crippen MR) is 103 cm³/mol. The number of nitrogens with one attached hydrogen (secondary N) is 2. The molecule has 1 unspecified atom stereocenters. The monoisotopic (exact) mass is 357 g/mol. The number of quaternary nitrogens is 1. The van der Waals surface area contributed by atoms with Gasteiger partial charge in [0.15, 0.2) is 5.69 Å². The van der Waals surface area contributed by atoms with Gasteiger partial charge in [0.05, 0.1) is 25.0 Å². The standard InChI is InChI=1S/C20H28N4O2/c1-4-23-11-7-8-15(23)12-21-19(25)18-16-9-5-6-10-17(16)20(26)24(22-18)13-14(2)3/h5-6,9-10,14-15H,4,7-8,11-13H2,1-3H3,(H,21,25)/p+1/t15-/m0/s1. The summed E-state index contributed by atoms with van der Waals surface area (Å²) in [5.41, 5.74) is 0.208. The minimum absolute atomic E-state index is 0.136. The molecule has 3 rings (SSSR count). The molecule has 1 aromatic carbocycles. The zero-order valence-corrected chi connectivity index (χ0v) is 15.9. The lowest BCUT2D eigenvalue weighted by atomic mass is 10.1. The first kappa shape index (κ1) is 18.6. The molecule has 2 N–H and O–H groups in total. The fourth-order valence-corrected chi connectivity index (χ4v) is 3.87. The number of rotatable bonds is 6. The number of aromatic nitrogens is 2. The number of amides is 1. The van der Waals surface area contributed by atoms with Crippen LogP contribution in [-0.4, -0.2) is 41.4 Å². The van der Waals surface area contributed by atoms with E-state index in [2.05, 4.69) is 17.3 Å². The van der Waals surface area contributed by atoms with Gasteiger partial charge in [0.2, 0.25) is 0 Å². The van der Waals surface area contributed by atoms with Crippen molar-refractivity contribution in [1.82, 2.24) is 15.1 Å². The van der Waals surface area contributed by atoms with Gasteiger partial charge in [0, 0.05) is 24.8 Å². The Balaban J connectivity index is 1.89. The number of carbonyl (C=O) groups is 1. The molecule has 2 heterocycles. The molecule has 2 aromatic rings. The first-order chi connectivity index (χ1) is 12.5. The summed E-state index contributed by atoms with van der Waals surface area (Å²) in [6, 6.07) is 7.71. The van der Waals surface area contributed by atoms with Crippen molar-refractivity contribution in [3.8, 4) is 0 Å². The van der Waals surface area contributed by atoms with Gasteiger partial charge < -0.3 is 10.2 Å². The van der Waals surface area contributed by atoms with E-state index >= 15 is 0 Å². The molecule has 26 heavy (non-hydrogen) atoms. The maximum Gasteiger partial charge on any atom is 0.274 e. The molecule has 140 valence electrons. The van der Waals surface area contributed by atoms with Gasteiger partial charge in [0.25, 0.3) is 11.5 Å². The molecule has 0 saturated carbocycles. The molecule has 0 radical (unpaired) electrons. The second-order valence-electron chi connectivity index (χ2n) is 7.59. The molecule has 6 nitrogen and oxygen atoms in total. The summed E-state index contributed by atoms with van der Waals surface area (Å²) in [5, 5.41) is 8.65. The Morgan fingerprint density at radius 2 is 2.08 bits per heavy atom. The largest absolute Gasteiger partial charge is 0.345 e. The number of hydrogen-bond donors (Lipinski definition) is 2. The predicted octanol–water partition coefficient (Wildman–Crippen LogP) is 0.850. The van der Waals surface area contributed by atoms with Crippen LogP contribution in [0.1, 0.15) is 44.1 Å². The van der Waals surface area contributed by atoms with Gasteiger partial charge in [-0.2, -0.15) is 5.10 Å². The number of likely N-dealkylation sites (N-methyl/N-ethyl adjacent to an activating group) is 1. The Hall–Kier alpha value is -2.21. The zero-order valence-electron chi connectivity index (χ0n) is 15.9. The van der Waals surface area contributed by atoms with Gasteiger partial charge in [-0.3, -0.25) is 9.59 Å². The molecule has 1 aromatic heterocycles. The van der Waals surface area contributed by atoms with Gasteiger partial charge in [-0.25, -0.2) is 4.68 Å². The van der Waals surface area contributed by atoms with Gasteiger partial charge in [0.1, 0.15) is 6.04 Å². The highest BCUT2D eigenvalue weighted by Gasteiger charge is 2.28. The van der Waals surface area contributed by atoms with Crippen molar-refractivity contribution in [2.24, 2.45) is 5.92 Å². The number of fused-ring (bicyclic) bond motifs is 1. The van der Waals surface area contributed by atoms with E-state index in [1.54, 1.807) is 17.0 Å². The molecule has 0 spiro atoms. The molecule has 1 fully saturated rings. The van der Waals surface area contributed by atoms with Gasteiger partial charge in [-0.1, -0.05) is 32.0 Å². The summed E-state index contributed by atoms with van der Waals surface area (Å²) in [6.45, 7) is 9.67. The number of hydrogen-bond acceptors (Lipinski definition) is 3. The minimum Gasteiger partial charge on any atom is -0.345 e. The first-order valence-electron chi connectivity index (χ1n) is 9.63. The molecule has 1 saturated heterocycles. The molecule has 0 bridgehead atoms. The van der Waals surface area contributed by atoms with Gasteiger partial charge in [-0.15, -0.1) is 0 Å². The Labute approximate surface area is 154 Å². The van der Waals surface area contributed by atoms with E-state index in [-0.39, 0.29) is 17.4 Å². The van der Waals surface area contributed by atoms with Crippen molar-refractivity contribution in [3.05, 3.63) is 40.3 Å². The Kier molecular flexibility index (Phi) is 5.71. The van der Waals surface area contributed by atoms with Crippen LogP contribution in [0.2, 0.25) is 0 Å². The van der Waals surface area contributed by atoms with Crippen LogP contribution in [0, 0.1) is 5.92 Å². The van der Waals surface area contributed by atoms with E-state index in [1.807, 2.05) is 26.0 Å². The second kappa shape index (κ2) is 7.99. The van der Waals surface area contributed by atoms with Crippen LogP contribution in [0.5, 0.6) is 0 Å². The third-order valence-corrected chi connectivity index (χ3v) is 5.21. The van der Waals surface area contributed by atoms with Crippen molar-refractivity contribution in [3.63, 3.8) is 0 Å². The minimum atomic E-state index is -0.193. The average Bonchev–Trinajstić information content (AvgIpc) is 3.09. The Bertz CT molecular complexity index is 843. The Morgan fingerprint density at radius 3 is 2.77 bits per heavy atom. The topological polar surface area (TPSA) is 68.4 Å². The van der Waals surface area contributed by atoms with Crippen LogP contribution in [0.4, 0.5) is 0 Å². The highest BCUT2D eigenvalue weighted by molar-refractivity contribution is 6.04. The van der Waals surface area contributed by atoms with Crippen LogP contribution in [-0.2, 0) is 6.54 Å². The van der Waals surface area contributed by atoms with Crippen LogP contribution in [0.25, 0.3) is 10.8 Å². The Morgan fingerprint density at radius 1 is 1.35 bits per heavy atom. The smallest absolute Gasteiger partial charge is 0.274 e. The van der Waals surface area contributed by atoms with Crippen molar-refractivity contribution in [2.45, 2.75) is 46.2 Å². The second-order valence-corrected chi connectivity index (χ2v) is 7.59. The van der Waals surface area contributed by atoms with Crippen LogP contribution in [0.3, 0.4) is 0 Å². The number of carbonyl (C=O) groups excluding carboxylic acids is 1. The summed E-state index contributed by atoms with van der Waals surface area (Å²) in [7, 11) is 0. The van der Waals surface area contributed by atoms with Crippen LogP contribution in [0.15, 0.2) is 29.1 Å². The van der Waals surface area contributed by atoms with Crippen molar-refractivity contribution >= 4 is 16.7 Å². The van der Waals surface area contributed by atoms with E-state index < -0.39 is 0 Å². The van der Waals surface area contributed by atoms with Crippen molar-refractivity contribution < 1.29 is 9.69 Å². The molecule has 1 amide bonds. The number of likely N-dealkylation sites (tertiary alicyclic amines) is 1. The fraction of sp³-hybridized carbons (Fsp3) is 0.550. The highest BCUT2D eigenvalue weighted by atomic mass is 16.2. The molecular formula is C20H29N4O2+. The summed E-state index contributed by atoms with van der Waals surface area (Å²) in [6.07, 6.45) is 2.36. The van der Waals surface area contributed by atoms with Gasteiger partial charge >= 0.3 is 0 Å².